The number of methoxy groups -OCH3 is 1. The second kappa shape index (κ2) is 5.87. The number of phenolic OH excluding ortho intramolecular Hbond substituents is 1. The Hall–Kier alpha value is -2.24. The molecule has 0 bridgehead atoms. The lowest BCUT2D eigenvalue weighted by Gasteiger charge is -2.36. The van der Waals surface area contributed by atoms with Gasteiger partial charge in [0, 0.05) is 6.54 Å². The minimum Gasteiger partial charge on any atom is -0.508 e. The highest BCUT2D eigenvalue weighted by Crippen LogP contribution is 2.33. The van der Waals surface area contributed by atoms with Crippen LogP contribution >= 0.6 is 0 Å². The summed E-state index contributed by atoms with van der Waals surface area (Å²) < 4.78 is 10.2. The second-order valence-electron chi connectivity index (χ2n) is 6.23. The van der Waals surface area contributed by atoms with E-state index in [1.807, 2.05) is 0 Å². The monoisotopic (exact) mass is 307 g/mol. The van der Waals surface area contributed by atoms with Gasteiger partial charge in [-0.3, -0.25) is 4.90 Å². The van der Waals surface area contributed by atoms with E-state index in [2.05, 4.69) is 0 Å². The molecule has 6 heteroatoms. The lowest BCUT2D eigenvalue weighted by atomic mass is 9.92. The van der Waals surface area contributed by atoms with Crippen LogP contribution in [0, 0.1) is 0 Å². The van der Waals surface area contributed by atoms with E-state index in [1.54, 1.807) is 32.9 Å². The molecular formula is C16H21NO5. The molecule has 0 unspecified atom stereocenters. The van der Waals surface area contributed by atoms with Crippen LogP contribution in [-0.4, -0.2) is 41.3 Å². The summed E-state index contributed by atoms with van der Waals surface area (Å²) in [5, 5.41) is 9.58. The first-order valence-corrected chi connectivity index (χ1v) is 7.12. The third-order valence-electron chi connectivity index (χ3n) is 3.41. The largest absolute Gasteiger partial charge is 0.508 e. The highest BCUT2D eigenvalue weighted by Gasteiger charge is 2.38. The molecule has 0 radical (unpaired) electrons. The molecule has 0 spiro atoms. The Morgan fingerprint density at radius 2 is 2.00 bits per heavy atom. The minimum absolute atomic E-state index is 0.132. The highest BCUT2D eigenvalue weighted by atomic mass is 16.6. The number of phenols is 1. The van der Waals surface area contributed by atoms with Gasteiger partial charge in [0.2, 0.25) is 0 Å². The normalized spacial score (nSPS) is 17.6. The number of nitrogens with zero attached hydrogens (tertiary/aromatic N) is 1. The van der Waals surface area contributed by atoms with E-state index < -0.39 is 23.7 Å². The van der Waals surface area contributed by atoms with Crippen molar-refractivity contribution in [1.29, 1.82) is 0 Å². The van der Waals surface area contributed by atoms with Crippen LogP contribution in [0.5, 0.6) is 5.75 Å². The Kier molecular flexibility index (Phi) is 4.30. The van der Waals surface area contributed by atoms with E-state index in [0.717, 1.165) is 5.56 Å². The van der Waals surface area contributed by atoms with Crippen LogP contribution in [-0.2, 0) is 20.7 Å². The molecule has 1 aliphatic rings. The van der Waals surface area contributed by atoms with Crippen LogP contribution in [0.4, 0.5) is 4.79 Å². The number of hydrogen-bond donors (Lipinski definition) is 1. The number of benzene rings is 1. The molecule has 120 valence electrons. The standard InChI is InChI=1S/C16H21NO5/c1-16(2,3)22-15(20)17-8-7-10-9-11(18)5-6-12(10)13(17)14(19)21-4/h5-6,9,13,18H,7-8H2,1-4H3/t13-/m0/s1. The van der Waals surface area contributed by atoms with Gasteiger partial charge in [0.05, 0.1) is 7.11 Å². The van der Waals surface area contributed by atoms with Crippen molar-refractivity contribution in [2.75, 3.05) is 13.7 Å². The van der Waals surface area contributed by atoms with Gasteiger partial charge in [-0.15, -0.1) is 0 Å². The molecule has 1 amide bonds. The molecule has 0 saturated carbocycles. The Morgan fingerprint density at radius 3 is 2.59 bits per heavy atom. The molecule has 1 heterocycles. The molecule has 1 aromatic rings. The number of fused-ring (bicyclic) bond motifs is 1. The first kappa shape index (κ1) is 16.1. The number of amides is 1. The van der Waals surface area contributed by atoms with E-state index in [1.165, 1.54) is 18.1 Å². The molecular weight excluding hydrogens is 286 g/mol. The number of hydrogen-bond acceptors (Lipinski definition) is 5. The molecule has 0 saturated heterocycles. The Labute approximate surface area is 129 Å². The van der Waals surface area contributed by atoms with E-state index in [9.17, 15) is 14.7 Å². The summed E-state index contributed by atoms with van der Waals surface area (Å²) in [7, 11) is 1.28. The van der Waals surface area contributed by atoms with Gasteiger partial charge >= 0.3 is 12.1 Å². The van der Waals surface area contributed by atoms with Gasteiger partial charge in [-0.25, -0.2) is 9.59 Å². The van der Waals surface area contributed by atoms with Crippen molar-refractivity contribution in [3.8, 4) is 5.75 Å². The number of rotatable bonds is 1. The van der Waals surface area contributed by atoms with Crippen LogP contribution in [0.2, 0.25) is 0 Å². The van der Waals surface area contributed by atoms with Crippen molar-refractivity contribution in [3.63, 3.8) is 0 Å². The van der Waals surface area contributed by atoms with Crippen molar-refractivity contribution in [2.24, 2.45) is 0 Å². The molecule has 0 aliphatic carbocycles. The number of aromatic hydroxyl groups is 1. The first-order valence-electron chi connectivity index (χ1n) is 7.12. The van der Waals surface area contributed by atoms with Gasteiger partial charge in [-0.2, -0.15) is 0 Å². The van der Waals surface area contributed by atoms with Crippen molar-refractivity contribution < 1.29 is 24.2 Å². The Bertz CT molecular complexity index is 591. The molecule has 1 N–H and O–H groups in total. The predicted molar refractivity (Wildman–Crippen MR) is 79.5 cm³/mol. The summed E-state index contributed by atoms with van der Waals surface area (Å²) >= 11 is 0. The summed E-state index contributed by atoms with van der Waals surface area (Å²) in [5.74, 6) is -0.398. The fourth-order valence-corrected chi connectivity index (χ4v) is 2.50. The maximum absolute atomic E-state index is 12.4. The molecule has 0 fully saturated rings. The molecule has 1 aliphatic heterocycles. The quantitative estimate of drug-likeness (QED) is 0.806. The summed E-state index contributed by atoms with van der Waals surface area (Å²) in [6.45, 7) is 5.64. The zero-order valence-corrected chi connectivity index (χ0v) is 13.3. The van der Waals surface area contributed by atoms with E-state index >= 15 is 0 Å². The van der Waals surface area contributed by atoms with Gasteiger partial charge in [-0.1, -0.05) is 6.07 Å². The third-order valence-corrected chi connectivity index (χ3v) is 3.41. The maximum atomic E-state index is 12.4. The van der Waals surface area contributed by atoms with Crippen LogP contribution in [0.3, 0.4) is 0 Å². The molecule has 2 rings (SSSR count). The van der Waals surface area contributed by atoms with Gasteiger partial charge in [0.25, 0.3) is 0 Å². The SMILES string of the molecule is COC(=O)[C@@H]1c2ccc(O)cc2CCN1C(=O)OC(C)(C)C. The fourth-order valence-electron chi connectivity index (χ4n) is 2.50. The van der Waals surface area contributed by atoms with Gasteiger partial charge in [0.1, 0.15) is 11.4 Å². The fraction of sp³-hybridized carbons (Fsp3) is 0.500. The number of esters is 1. The topological polar surface area (TPSA) is 76.1 Å². The van der Waals surface area contributed by atoms with Crippen LogP contribution < -0.4 is 0 Å². The van der Waals surface area contributed by atoms with E-state index in [0.29, 0.717) is 18.5 Å². The summed E-state index contributed by atoms with van der Waals surface area (Å²) in [6.07, 6.45) is -0.0159. The Balaban J connectivity index is 2.37. The zero-order chi connectivity index (χ0) is 16.5. The highest BCUT2D eigenvalue weighted by molar-refractivity contribution is 5.84. The van der Waals surface area contributed by atoms with Gasteiger partial charge in [-0.05, 0) is 50.5 Å². The van der Waals surface area contributed by atoms with E-state index in [4.69, 9.17) is 9.47 Å². The van der Waals surface area contributed by atoms with Gasteiger partial charge in [0.15, 0.2) is 6.04 Å². The maximum Gasteiger partial charge on any atom is 0.411 e. The zero-order valence-electron chi connectivity index (χ0n) is 13.3. The van der Waals surface area contributed by atoms with Crippen LogP contribution in [0.15, 0.2) is 18.2 Å². The minimum atomic E-state index is -0.857. The van der Waals surface area contributed by atoms with Crippen LogP contribution in [0.25, 0.3) is 0 Å². The molecule has 0 aromatic heterocycles. The molecule has 22 heavy (non-hydrogen) atoms. The lowest BCUT2D eigenvalue weighted by molar-refractivity contribution is -0.147. The summed E-state index contributed by atoms with van der Waals surface area (Å²) in [4.78, 5) is 25.9. The second-order valence-corrected chi connectivity index (χ2v) is 6.23. The molecule has 1 atom stereocenters. The average Bonchev–Trinajstić information content (AvgIpc) is 2.43. The van der Waals surface area contributed by atoms with Crippen molar-refractivity contribution >= 4 is 12.1 Å². The average molecular weight is 307 g/mol. The molecule has 1 aromatic carbocycles. The predicted octanol–water partition coefficient (Wildman–Crippen LogP) is 2.40. The van der Waals surface area contributed by atoms with Crippen molar-refractivity contribution in [2.45, 2.75) is 38.8 Å². The van der Waals surface area contributed by atoms with E-state index in [-0.39, 0.29) is 5.75 Å². The van der Waals surface area contributed by atoms with Crippen molar-refractivity contribution in [1.82, 2.24) is 4.90 Å². The summed E-state index contributed by atoms with van der Waals surface area (Å²) in [5.41, 5.74) is 0.837. The number of carbonyl (C=O) groups excluding carboxylic acids is 2. The number of ether oxygens (including phenoxy) is 2. The third kappa shape index (κ3) is 3.32. The smallest absolute Gasteiger partial charge is 0.411 e. The van der Waals surface area contributed by atoms with Crippen molar-refractivity contribution in [3.05, 3.63) is 29.3 Å². The van der Waals surface area contributed by atoms with Gasteiger partial charge < -0.3 is 14.6 Å². The number of carbonyl (C=O) groups is 2. The lowest BCUT2D eigenvalue weighted by Crippen LogP contribution is -2.46. The van der Waals surface area contributed by atoms with Crippen LogP contribution in [0.1, 0.15) is 37.9 Å². The molecule has 6 nitrogen and oxygen atoms in total. The first-order chi connectivity index (χ1) is 10.2. The summed E-state index contributed by atoms with van der Waals surface area (Å²) in [6, 6.07) is 3.89. The Morgan fingerprint density at radius 1 is 1.32 bits per heavy atom.